The average molecular weight is 287 g/mol. The number of esters is 2. The molecule has 0 bridgehead atoms. The molecule has 0 radical (unpaired) electrons. The molecule has 2 heterocycles. The molecular weight excluding hydrogens is 270 g/mol. The molecule has 2 aliphatic heterocycles. The molecule has 20 heavy (non-hydrogen) atoms. The summed E-state index contributed by atoms with van der Waals surface area (Å²) in [6.07, 6.45) is -1.76. The van der Waals surface area contributed by atoms with Crippen molar-refractivity contribution in [1.82, 2.24) is 5.06 Å². The van der Waals surface area contributed by atoms with Crippen molar-refractivity contribution in [3.05, 3.63) is 0 Å². The zero-order chi connectivity index (χ0) is 14.9. The van der Waals surface area contributed by atoms with Gasteiger partial charge in [-0.05, 0) is 6.92 Å². The molecule has 8 heteroatoms. The van der Waals surface area contributed by atoms with Crippen LogP contribution >= 0.6 is 0 Å². The Hall–Kier alpha value is -1.67. The quantitative estimate of drug-likeness (QED) is 0.657. The van der Waals surface area contributed by atoms with E-state index in [1.54, 1.807) is 6.92 Å². The highest BCUT2D eigenvalue weighted by Crippen LogP contribution is 2.32. The second kappa shape index (κ2) is 5.76. The van der Waals surface area contributed by atoms with Gasteiger partial charge in [0.25, 0.3) is 0 Å². The molecule has 112 valence electrons. The largest absolute Gasteiger partial charge is 0.463 e. The fraction of sp³-hybridized carbons (Fsp3) is 0.750. The Morgan fingerprint density at radius 1 is 1.35 bits per heavy atom. The number of fused-ring (bicyclic) bond motifs is 1. The van der Waals surface area contributed by atoms with Crippen LogP contribution in [0.2, 0.25) is 0 Å². The summed E-state index contributed by atoms with van der Waals surface area (Å²) >= 11 is 0. The van der Waals surface area contributed by atoms with Gasteiger partial charge < -0.3 is 19.0 Å². The first-order valence-corrected chi connectivity index (χ1v) is 6.33. The Kier molecular flexibility index (Phi) is 4.24. The molecule has 0 amide bonds. The Morgan fingerprint density at radius 3 is 2.65 bits per heavy atom. The maximum absolute atomic E-state index is 11.4. The molecule has 0 N–H and O–H groups in total. The summed E-state index contributed by atoms with van der Waals surface area (Å²) in [4.78, 5) is 38.6. The molecule has 0 saturated carbocycles. The van der Waals surface area contributed by atoms with Crippen LogP contribution in [0.15, 0.2) is 0 Å². The number of ether oxygens (including phenoxy) is 3. The molecule has 0 aliphatic carbocycles. The van der Waals surface area contributed by atoms with Crippen LogP contribution in [0.4, 0.5) is 0 Å². The van der Waals surface area contributed by atoms with Gasteiger partial charge in [-0.2, -0.15) is 0 Å². The van der Waals surface area contributed by atoms with Gasteiger partial charge in [0, 0.05) is 13.8 Å². The molecule has 0 aromatic rings. The van der Waals surface area contributed by atoms with E-state index < -0.39 is 42.4 Å². The van der Waals surface area contributed by atoms with Crippen molar-refractivity contribution in [1.29, 1.82) is 0 Å². The summed E-state index contributed by atoms with van der Waals surface area (Å²) in [6.45, 7) is 4.21. The minimum atomic E-state index is -0.727. The van der Waals surface area contributed by atoms with E-state index in [1.165, 1.54) is 18.9 Å². The van der Waals surface area contributed by atoms with Crippen molar-refractivity contribution in [3.63, 3.8) is 0 Å². The summed E-state index contributed by atoms with van der Waals surface area (Å²) in [7, 11) is 0. The Bertz CT molecular complexity index is 424. The van der Waals surface area contributed by atoms with E-state index in [2.05, 4.69) is 0 Å². The SMILES string of the molecule is CC(=O)OC[C@H]1O[C@@H](C)N2OC(=O)C[C@H]2[C@@H]1OC(C)=O. The van der Waals surface area contributed by atoms with Crippen LogP contribution < -0.4 is 0 Å². The summed E-state index contributed by atoms with van der Waals surface area (Å²) in [6, 6.07) is -0.435. The third kappa shape index (κ3) is 3.07. The molecule has 2 saturated heterocycles. The fourth-order valence-corrected chi connectivity index (χ4v) is 2.41. The van der Waals surface area contributed by atoms with Gasteiger partial charge >= 0.3 is 17.9 Å². The highest BCUT2D eigenvalue weighted by atomic mass is 16.8. The summed E-state index contributed by atoms with van der Waals surface area (Å²) in [5.41, 5.74) is 0. The van der Waals surface area contributed by atoms with E-state index >= 15 is 0 Å². The molecular formula is C12H17NO7. The maximum Gasteiger partial charge on any atom is 0.327 e. The fourth-order valence-electron chi connectivity index (χ4n) is 2.41. The minimum absolute atomic E-state index is 0.0455. The van der Waals surface area contributed by atoms with Crippen molar-refractivity contribution in [2.75, 3.05) is 6.61 Å². The van der Waals surface area contributed by atoms with Crippen LogP contribution in [0.1, 0.15) is 27.2 Å². The zero-order valence-electron chi connectivity index (χ0n) is 11.5. The van der Waals surface area contributed by atoms with Gasteiger partial charge in [-0.25, -0.2) is 0 Å². The monoisotopic (exact) mass is 287 g/mol. The molecule has 8 nitrogen and oxygen atoms in total. The van der Waals surface area contributed by atoms with Crippen LogP contribution in [0, 0.1) is 0 Å². The Balaban J connectivity index is 2.14. The van der Waals surface area contributed by atoms with Gasteiger partial charge in [0.1, 0.15) is 18.9 Å². The summed E-state index contributed by atoms with van der Waals surface area (Å²) in [5, 5.41) is 1.38. The van der Waals surface area contributed by atoms with Crippen LogP contribution in [-0.2, 0) is 33.4 Å². The predicted octanol–water partition coefficient (Wildman–Crippen LogP) is -0.242. The predicted molar refractivity (Wildman–Crippen MR) is 62.9 cm³/mol. The number of hydrogen-bond acceptors (Lipinski definition) is 8. The lowest BCUT2D eigenvalue weighted by Crippen LogP contribution is -2.59. The van der Waals surface area contributed by atoms with Gasteiger partial charge in [-0.15, -0.1) is 5.06 Å². The van der Waals surface area contributed by atoms with E-state index in [4.69, 9.17) is 19.0 Å². The van der Waals surface area contributed by atoms with Crippen molar-refractivity contribution < 1.29 is 33.4 Å². The molecule has 2 fully saturated rings. The van der Waals surface area contributed by atoms with Gasteiger partial charge in [-0.1, -0.05) is 0 Å². The van der Waals surface area contributed by atoms with E-state index in [0.717, 1.165) is 0 Å². The van der Waals surface area contributed by atoms with Crippen molar-refractivity contribution in [2.24, 2.45) is 0 Å². The number of hydrogen-bond donors (Lipinski definition) is 0. The van der Waals surface area contributed by atoms with Crippen molar-refractivity contribution in [2.45, 2.75) is 51.7 Å². The van der Waals surface area contributed by atoms with Crippen LogP contribution in [-0.4, -0.2) is 54.1 Å². The second-order valence-corrected chi connectivity index (χ2v) is 4.75. The lowest BCUT2D eigenvalue weighted by molar-refractivity contribution is -0.299. The number of nitrogens with zero attached hydrogens (tertiary/aromatic N) is 1. The molecule has 2 aliphatic rings. The first-order chi connectivity index (χ1) is 9.38. The van der Waals surface area contributed by atoms with Crippen LogP contribution in [0.25, 0.3) is 0 Å². The standard InChI is InChI=1S/C12H17NO7/c1-6-13-9(4-11(16)20-13)12(19-8(3)15)10(18-6)5-17-7(2)14/h6,9-10,12H,4-5H2,1-3H3/t6-,9-,10+,12-/m0/s1. The van der Waals surface area contributed by atoms with Gasteiger partial charge in [0.2, 0.25) is 0 Å². The average Bonchev–Trinajstić information content (AvgIpc) is 2.72. The topological polar surface area (TPSA) is 91.4 Å². The summed E-state index contributed by atoms with van der Waals surface area (Å²) in [5.74, 6) is -1.36. The lowest BCUT2D eigenvalue weighted by Gasteiger charge is -2.41. The van der Waals surface area contributed by atoms with Crippen molar-refractivity contribution in [3.8, 4) is 0 Å². The first-order valence-electron chi connectivity index (χ1n) is 6.33. The Labute approximate surface area is 115 Å². The third-order valence-electron chi connectivity index (χ3n) is 3.14. The molecule has 0 aromatic heterocycles. The van der Waals surface area contributed by atoms with E-state index in [1.807, 2.05) is 0 Å². The molecule has 0 spiro atoms. The smallest absolute Gasteiger partial charge is 0.327 e. The highest BCUT2D eigenvalue weighted by Gasteiger charge is 2.51. The Morgan fingerprint density at radius 2 is 2.05 bits per heavy atom. The van der Waals surface area contributed by atoms with E-state index in [-0.39, 0.29) is 13.0 Å². The van der Waals surface area contributed by atoms with Gasteiger partial charge in [0.05, 0.1) is 12.5 Å². The normalized spacial score (nSPS) is 33.2. The molecule has 0 aromatic carbocycles. The lowest BCUT2D eigenvalue weighted by atomic mass is 10.0. The molecule has 2 rings (SSSR count). The number of carbonyl (C=O) groups excluding carboxylic acids is 3. The maximum atomic E-state index is 11.4. The molecule has 0 unspecified atom stereocenters. The zero-order valence-corrected chi connectivity index (χ0v) is 11.5. The number of carbonyl (C=O) groups is 3. The first kappa shape index (κ1) is 14.7. The van der Waals surface area contributed by atoms with Crippen LogP contribution in [0.5, 0.6) is 0 Å². The van der Waals surface area contributed by atoms with Gasteiger partial charge in [-0.3, -0.25) is 14.4 Å². The minimum Gasteiger partial charge on any atom is -0.463 e. The summed E-state index contributed by atoms with van der Waals surface area (Å²) < 4.78 is 15.7. The van der Waals surface area contributed by atoms with Crippen LogP contribution in [0.3, 0.4) is 0 Å². The van der Waals surface area contributed by atoms with E-state index in [0.29, 0.717) is 0 Å². The van der Waals surface area contributed by atoms with Crippen molar-refractivity contribution >= 4 is 17.9 Å². The van der Waals surface area contributed by atoms with E-state index in [9.17, 15) is 14.4 Å². The molecule has 4 atom stereocenters. The number of hydroxylamine groups is 2. The third-order valence-corrected chi connectivity index (χ3v) is 3.14. The second-order valence-electron chi connectivity index (χ2n) is 4.75. The van der Waals surface area contributed by atoms with Gasteiger partial charge in [0.15, 0.2) is 6.10 Å². The highest BCUT2D eigenvalue weighted by molar-refractivity contribution is 5.72. The number of rotatable bonds is 3.